The minimum absolute atomic E-state index is 0.169. The number of nitrogens with one attached hydrogen (secondary N) is 1. The molecule has 10 heteroatoms. The van der Waals surface area contributed by atoms with Gasteiger partial charge < -0.3 is 10.1 Å². The first-order chi connectivity index (χ1) is 13.4. The van der Waals surface area contributed by atoms with Gasteiger partial charge >= 0.3 is 5.97 Å². The monoisotopic (exact) mass is 446 g/mol. The van der Waals surface area contributed by atoms with Crippen molar-refractivity contribution in [1.29, 1.82) is 0 Å². The molecule has 0 unspecified atom stereocenters. The number of carbonyl (C=O) groups excluding carboxylic acids is 2. The summed E-state index contributed by atoms with van der Waals surface area (Å²) in [5.74, 6) is -0.969. The maximum Gasteiger partial charge on any atom is 0.332 e. The molecule has 0 aliphatic carbocycles. The molecule has 0 saturated carbocycles. The van der Waals surface area contributed by atoms with Crippen LogP contribution >= 0.6 is 15.9 Å². The highest BCUT2D eigenvalue weighted by atomic mass is 79.9. The highest BCUT2D eigenvalue weighted by Gasteiger charge is 2.17. The molecule has 28 heavy (non-hydrogen) atoms. The number of nitrogens with zero attached hydrogens (tertiary/aromatic N) is 5. The van der Waals surface area contributed by atoms with Gasteiger partial charge in [-0.05, 0) is 42.8 Å². The highest BCUT2D eigenvalue weighted by molar-refractivity contribution is 9.10. The van der Waals surface area contributed by atoms with Gasteiger partial charge in [0.25, 0.3) is 5.91 Å². The van der Waals surface area contributed by atoms with Crippen LogP contribution in [0.2, 0.25) is 0 Å². The number of hydrogen-bond acceptors (Lipinski definition) is 6. The van der Waals surface area contributed by atoms with Crippen molar-refractivity contribution < 1.29 is 14.3 Å². The normalized spacial score (nSPS) is 11.6. The van der Waals surface area contributed by atoms with Crippen LogP contribution < -0.4 is 5.32 Å². The van der Waals surface area contributed by atoms with E-state index in [0.717, 1.165) is 11.0 Å². The lowest BCUT2D eigenvalue weighted by molar-refractivity contribution is -0.137. The van der Waals surface area contributed by atoms with Crippen molar-refractivity contribution in [2.45, 2.75) is 27.3 Å². The smallest absolute Gasteiger partial charge is 0.332 e. The Kier molecular flexibility index (Phi) is 5.88. The maximum absolute atomic E-state index is 12.5. The Morgan fingerprint density at radius 2 is 2.11 bits per heavy atom. The molecule has 3 aromatic rings. The minimum Gasteiger partial charge on any atom is -0.463 e. The molecule has 0 radical (unpaired) electrons. The van der Waals surface area contributed by atoms with E-state index in [1.807, 2.05) is 13.1 Å². The average molecular weight is 447 g/mol. The van der Waals surface area contributed by atoms with Gasteiger partial charge in [-0.3, -0.25) is 9.48 Å². The Balaban J connectivity index is 1.91. The number of aromatic nitrogens is 5. The second kappa shape index (κ2) is 8.34. The van der Waals surface area contributed by atoms with E-state index in [1.54, 1.807) is 41.4 Å². The molecule has 1 N–H and O–H groups in total. The summed E-state index contributed by atoms with van der Waals surface area (Å²) < 4.78 is 9.00. The molecule has 146 valence electrons. The van der Waals surface area contributed by atoms with Gasteiger partial charge in [0.05, 0.1) is 16.8 Å². The van der Waals surface area contributed by atoms with E-state index in [4.69, 9.17) is 4.74 Å². The number of allylic oxidation sites excluding steroid dienone is 1. The third-order valence-corrected chi connectivity index (χ3v) is 4.39. The molecule has 0 fully saturated rings. The van der Waals surface area contributed by atoms with Crippen molar-refractivity contribution in [1.82, 2.24) is 29.7 Å². The molecule has 3 aromatic heterocycles. The van der Waals surface area contributed by atoms with E-state index in [2.05, 4.69) is 36.4 Å². The number of aryl methyl sites for hydroxylation is 1. The number of amides is 1. The molecule has 0 spiro atoms. The van der Waals surface area contributed by atoms with E-state index in [1.165, 1.54) is 6.08 Å². The fourth-order valence-electron chi connectivity index (χ4n) is 2.56. The van der Waals surface area contributed by atoms with Gasteiger partial charge in [0.15, 0.2) is 11.3 Å². The topological polar surface area (TPSA) is 103 Å². The summed E-state index contributed by atoms with van der Waals surface area (Å²) >= 11 is 3.51. The predicted molar refractivity (Wildman–Crippen MR) is 105 cm³/mol. The number of hydrogen-bond donors (Lipinski definition) is 1. The Hall–Kier alpha value is -3.01. The van der Waals surface area contributed by atoms with Crippen LogP contribution in [0, 0.1) is 0 Å². The fourth-order valence-corrected chi connectivity index (χ4v) is 3.08. The van der Waals surface area contributed by atoms with Gasteiger partial charge in [-0.15, -0.1) is 0 Å². The minimum atomic E-state index is -0.518. The Labute approximate surface area is 169 Å². The van der Waals surface area contributed by atoms with Crippen molar-refractivity contribution in [2.24, 2.45) is 0 Å². The third kappa shape index (κ3) is 4.11. The molecule has 3 rings (SSSR count). The van der Waals surface area contributed by atoms with Crippen LogP contribution in [0.25, 0.3) is 17.0 Å². The average Bonchev–Trinajstić information content (AvgIpc) is 3.24. The summed E-state index contributed by atoms with van der Waals surface area (Å²) in [6.45, 7) is 6.30. The fraction of sp³-hybridized carbons (Fsp3) is 0.278. The first kappa shape index (κ1) is 19.7. The first-order valence-electron chi connectivity index (χ1n) is 8.67. The molecule has 3 heterocycles. The largest absolute Gasteiger partial charge is 0.463 e. The summed E-state index contributed by atoms with van der Waals surface area (Å²) in [7, 11) is 0. The van der Waals surface area contributed by atoms with E-state index in [9.17, 15) is 9.59 Å². The van der Waals surface area contributed by atoms with Crippen LogP contribution in [0.15, 0.2) is 40.8 Å². The molecule has 0 saturated heterocycles. The van der Waals surface area contributed by atoms with E-state index < -0.39 is 11.9 Å². The van der Waals surface area contributed by atoms with Gasteiger partial charge in [-0.1, -0.05) is 0 Å². The lowest BCUT2D eigenvalue weighted by Gasteiger charge is -2.03. The standard InChI is InChI=1S/C18H19BrN6O3/c1-4-24-10-12(19)17(23-24)14-6-7-20-15-9-13(22-25(14)15)18(27)21-11(3)8-16(26)28-5-2/h6-10H,4-5H2,1-3H3,(H,21,27)/b11-8+. The molecule has 0 aromatic carbocycles. The zero-order chi connectivity index (χ0) is 20.3. The van der Waals surface area contributed by atoms with Crippen molar-refractivity contribution >= 4 is 33.5 Å². The number of halogens is 1. The summed E-state index contributed by atoms with van der Waals surface area (Å²) in [6.07, 6.45) is 4.73. The lowest BCUT2D eigenvalue weighted by atomic mass is 10.3. The molecule has 9 nitrogen and oxygen atoms in total. The van der Waals surface area contributed by atoms with E-state index in [-0.39, 0.29) is 12.3 Å². The molecule has 0 atom stereocenters. The van der Waals surface area contributed by atoms with Crippen LogP contribution in [0.5, 0.6) is 0 Å². The van der Waals surface area contributed by atoms with Crippen LogP contribution in [0.3, 0.4) is 0 Å². The predicted octanol–water partition coefficient (Wildman–Crippen LogP) is 2.57. The van der Waals surface area contributed by atoms with Gasteiger partial charge in [0.2, 0.25) is 0 Å². The molecular weight excluding hydrogens is 428 g/mol. The number of carbonyl (C=O) groups is 2. The van der Waals surface area contributed by atoms with Gasteiger partial charge in [0, 0.05) is 36.8 Å². The Morgan fingerprint density at radius 3 is 2.79 bits per heavy atom. The van der Waals surface area contributed by atoms with Gasteiger partial charge in [-0.25, -0.2) is 14.3 Å². The first-order valence-corrected chi connectivity index (χ1v) is 9.46. The van der Waals surface area contributed by atoms with Gasteiger partial charge in [-0.2, -0.15) is 10.2 Å². The summed E-state index contributed by atoms with van der Waals surface area (Å²) in [4.78, 5) is 28.2. The third-order valence-electron chi connectivity index (χ3n) is 3.81. The van der Waals surface area contributed by atoms with Crippen LogP contribution in [0.1, 0.15) is 31.3 Å². The zero-order valence-corrected chi connectivity index (χ0v) is 17.2. The van der Waals surface area contributed by atoms with E-state index >= 15 is 0 Å². The summed E-state index contributed by atoms with van der Waals surface area (Å²) in [5.41, 5.74) is 2.43. The van der Waals surface area contributed by atoms with Crippen LogP contribution in [-0.2, 0) is 16.1 Å². The van der Waals surface area contributed by atoms with Crippen LogP contribution in [0.4, 0.5) is 0 Å². The Bertz CT molecular complexity index is 1070. The quantitative estimate of drug-likeness (QED) is 0.460. The number of rotatable bonds is 6. The number of fused-ring (bicyclic) bond motifs is 1. The van der Waals surface area contributed by atoms with E-state index in [0.29, 0.717) is 22.7 Å². The molecule has 0 aliphatic rings. The number of esters is 1. The molecule has 0 bridgehead atoms. The van der Waals surface area contributed by atoms with Crippen molar-refractivity contribution in [3.63, 3.8) is 0 Å². The summed E-state index contributed by atoms with van der Waals surface area (Å²) in [6, 6.07) is 3.35. The zero-order valence-electron chi connectivity index (χ0n) is 15.6. The summed E-state index contributed by atoms with van der Waals surface area (Å²) in [5, 5.41) is 11.5. The van der Waals surface area contributed by atoms with Crippen molar-refractivity contribution in [2.75, 3.05) is 6.61 Å². The molecule has 0 aliphatic heterocycles. The highest BCUT2D eigenvalue weighted by Crippen LogP contribution is 2.26. The molecular formula is C18H19BrN6O3. The Morgan fingerprint density at radius 1 is 1.32 bits per heavy atom. The second-order valence-electron chi connectivity index (χ2n) is 5.84. The SMILES string of the molecule is CCOC(=O)/C=C(\C)NC(=O)c1cc2nccc(-c3nn(CC)cc3Br)n2n1. The maximum atomic E-state index is 12.5. The van der Waals surface area contributed by atoms with Crippen molar-refractivity contribution in [3.8, 4) is 11.4 Å². The second-order valence-corrected chi connectivity index (χ2v) is 6.70. The number of ether oxygens (including phenoxy) is 1. The van der Waals surface area contributed by atoms with Gasteiger partial charge in [0.1, 0.15) is 5.69 Å². The lowest BCUT2D eigenvalue weighted by Crippen LogP contribution is -2.22. The van der Waals surface area contributed by atoms with Crippen molar-refractivity contribution in [3.05, 3.63) is 46.5 Å². The van der Waals surface area contributed by atoms with Crippen LogP contribution in [-0.4, -0.2) is 42.9 Å². The molecule has 1 amide bonds.